The van der Waals surface area contributed by atoms with Crippen LogP contribution >= 0.6 is 11.3 Å². The van der Waals surface area contributed by atoms with E-state index >= 15 is 0 Å². The van der Waals surface area contributed by atoms with Crippen molar-refractivity contribution in [3.05, 3.63) is 59.9 Å². The number of nitrogens with zero attached hydrogens (tertiary/aromatic N) is 2. The van der Waals surface area contributed by atoms with Gasteiger partial charge in [0.1, 0.15) is 10.7 Å². The molecule has 2 heterocycles. The number of hydrogen-bond acceptors (Lipinski definition) is 5. The summed E-state index contributed by atoms with van der Waals surface area (Å²) >= 11 is 1.33. The molecule has 0 aliphatic heterocycles. The van der Waals surface area contributed by atoms with E-state index in [1.807, 2.05) is 30.3 Å². The lowest BCUT2D eigenvalue weighted by Crippen LogP contribution is -2.17. The van der Waals surface area contributed by atoms with E-state index in [0.717, 1.165) is 10.4 Å². The summed E-state index contributed by atoms with van der Waals surface area (Å²) in [6, 6.07) is 13.0. The molecule has 0 radical (unpaired) electrons. The van der Waals surface area contributed by atoms with Gasteiger partial charge in [-0.1, -0.05) is 30.3 Å². The van der Waals surface area contributed by atoms with Crippen LogP contribution in [0.1, 0.15) is 20.8 Å². The van der Waals surface area contributed by atoms with Gasteiger partial charge in [0.15, 0.2) is 0 Å². The lowest BCUT2D eigenvalue weighted by molar-refractivity contribution is 0.0602. The highest BCUT2D eigenvalue weighted by Crippen LogP contribution is 2.36. The average Bonchev–Trinajstić information content (AvgIpc) is 3.21. The molecule has 1 N–H and O–H groups in total. The lowest BCUT2D eigenvalue weighted by atomic mass is 10.1. The number of benzene rings is 1. The van der Waals surface area contributed by atoms with E-state index < -0.39 is 5.97 Å². The Bertz CT molecular complexity index is 884. The number of thiophene rings is 1. The van der Waals surface area contributed by atoms with Crippen molar-refractivity contribution < 1.29 is 14.3 Å². The summed E-state index contributed by atoms with van der Waals surface area (Å²) in [5.41, 5.74) is 1.70. The SMILES string of the molecule is COC(=O)c1cc(-c2ccccc2)sc1NC(=O)c1ccnn1C. The largest absolute Gasteiger partial charge is 0.465 e. The molecule has 0 bridgehead atoms. The molecule has 0 spiro atoms. The summed E-state index contributed by atoms with van der Waals surface area (Å²) in [5.74, 6) is -0.824. The van der Waals surface area contributed by atoms with E-state index in [1.54, 1.807) is 25.4 Å². The third kappa shape index (κ3) is 3.07. The highest BCUT2D eigenvalue weighted by Gasteiger charge is 2.20. The van der Waals surface area contributed by atoms with Crippen molar-refractivity contribution in [1.29, 1.82) is 0 Å². The number of ether oxygens (including phenoxy) is 1. The second kappa shape index (κ2) is 6.67. The summed E-state index contributed by atoms with van der Waals surface area (Å²) in [6.45, 7) is 0. The highest BCUT2D eigenvalue weighted by atomic mass is 32.1. The number of aromatic nitrogens is 2. The standard InChI is InChI=1S/C17H15N3O3S/c1-20-13(8-9-18-20)15(21)19-16-12(17(22)23-2)10-14(24-16)11-6-4-3-5-7-11/h3-10H,1-2H3,(H,19,21). The topological polar surface area (TPSA) is 73.2 Å². The van der Waals surface area contributed by atoms with E-state index in [-0.39, 0.29) is 5.91 Å². The van der Waals surface area contributed by atoms with Crippen molar-refractivity contribution in [2.75, 3.05) is 12.4 Å². The fourth-order valence-corrected chi connectivity index (χ4v) is 3.30. The van der Waals surface area contributed by atoms with E-state index in [2.05, 4.69) is 10.4 Å². The first-order chi connectivity index (χ1) is 11.6. The normalized spacial score (nSPS) is 10.4. The Morgan fingerprint density at radius 3 is 2.58 bits per heavy atom. The van der Waals surface area contributed by atoms with Crippen molar-refractivity contribution in [3.63, 3.8) is 0 Å². The van der Waals surface area contributed by atoms with Crippen LogP contribution < -0.4 is 5.32 Å². The van der Waals surface area contributed by atoms with E-state index in [9.17, 15) is 9.59 Å². The van der Waals surface area contributed by atoms with Gasteiger partial charge in [0.25, 0.3) is 5.91 Å². The molecule has 0 aliphatic rings. The van der Waals surface area contributed by atoms with Gasteiger partial charge in [-0.2, -0.15) is 5.10 Å². The first-order valence-corrected chi connectivity index (χ1v) is 7.98. The molecular formula is C17H15N3O3S. The van der Waals surface area contributed by atoms with Crippen molar-refractivity contribution in [1.82, 2.24) is 9.78 Å². The molecule has 3 rings (SSSR count). The van der Waals surface area contributed by atoms with Gasteiger partial charge < -0.3 is 10.1 Å². The van der Waals surface area contributed by atoms with E-state index in [4.69, 9.17) is 4.74 Å². The maximum atomic E-state index is 12.4. The molecule has 0 fully saturated rings. The molecule has 6 nitrogen and oxygen atoms in total. The van der Waals surface area contributed by atoms with Crippen LogP contribution in [0.25, 0.3) is 10.4 Å². The molecule has 0 aliphatic carbocycles. The van der Waals surface area contributed by atoms with E-state index in [1.165, 1.54) is 23.1 Å². The number of anilines is 1. The molecular weight excluding hydrogens is 326 g/mol. The number of hydrogen-bond donors (Lipinski definition) is 1. The van der Waals surface area contributed by atoms with Crippen LogP contribution in [-0.4, -0.2) is 28.8 Å². The minimum atomic E-state index is -0.492. The molecule has 0 saturated heterocycles. The summed E-state index contributed by atoms with van der Waals surface area (Å²) in [6.07, 6.45) is 1.54. The van der Waals surface area contributed by atoms with Crippen molar-refractivity contribution in [2.24, 2.45) is 7.05 Å². The lowest BCUT2D eigenvalue weighted by Gasteiger charge is -2.05. The number of carbonyl (C=O) groups excluding carboxylic acids is 2. The number of amides is 1. The molecule has 0 atom stereocenters. The summed E-state index contributed by atoms with van der Waals surface area (Å²) < 4.78 is 6.29. The number of aryl methyl sites for hydroxylation is 1. The van der Waals surface area contributed by atoms with Crippen molar-refractivity contribution in [3.8, 4) is 10.4 Å². The van der Waals surface area contributed by atoms with Gasteiger partial charge in [-0.25, -0.2) is 4.79 Å². The van der Waals surface area contributed by atoms with Crippen LogP contribution in [0.15, 0.2) is 48.7 Å². The second-order valence-electron chi connectivity index (χ2n) is 5.01. The minimum Gasteiger partial charge on any atom is -0.465 e. The summed E-state index contributed by atoms with van der Waals surface area (Å²) in [7, 11) is 2.99. The molecule has 24 heavy (non-hydrogen) atoms. The van der Waals surface area contributed by atoms with Crippen molar-refractivity contribution in [2.45, 2.75) is 0 Å². The van der Waals surface area contributed by atoms with Gasteiger partial charge in [0, 0.05) is 18.1 Å². The zero-order valence-electron chi connectivity index (χ0n) is 13.1. The first kappa shape index (κ1) is 15.9. The second-order valence-corrected chi connectivity index (χ2v) is 6.06. The fraction of sp³-hybridized carbons (Fsp3) is 0.118. The molecule has 1 aromatic carbocycles. The Kier molecular flexibility index (Phi) is 4.43. The number of methoxy groups -OCH3 is 1. The highest BCUT2D eigenvalue weighted by molar-refractivity contribution is 7.20. The van der Waals surface area contributed by atoms with Gasteiger partial charge in [-0.15, -0.1) is 11.3 Å². The Labute approximate surface area is 142 Å². The predicted octanol–water partition coefficient (Wildman–Crippen LogP) is 3.19. The molecule has 7 heteroatoms. The maximum absolute atomic E-state index is 12.4. The number of rotatable bonds is 4. The molecule has 3 aromatic rings. The summed E-state index contributed by atoms with van der Waals surface area (Å²) in [4.78, 5) is 25.3. The van der Waals surface area contributed by atoms with Crippen molar-refractivity contribution >= 4 is 28.2 Å². The molecule has 0 unspecified atom stereocenters. The van der Waals surface area contributed by atoms with E-state index in [0.29, 0.717) is 16.3 Å². The van der Waals surface area contributed by atoms with Gasteiger partial charge in [0.2, 0.25) is 0 Å². The van der Waals surface area contributed by atoms with Gasteiger partial charge in [0.05, 0.1) is 12.7 Å². The Morgan fingerprint density at radius 1 is 1.21 bits per heavy atom. The van der Waals surface area contributed by atoms with Crippen LogP contribution in [0.3, 0.4) is 0 Å². The van der Waals surface area contributed by atoms with Crippen LogP contribution in [0.2, 0.25) is 0 Å². The Balaban J connectivity index is 1.97. The Hall–Kier alpha value is -2.93. The molecule has 1 amide bonds. The third-order valence-corrected chi connectivity index (χ3v) is 4.58. The smallest absolute Gasteiger partial charge is 0.340 e. The minimum absolute atomic E-state index is 0.330. The predicted molar refractivity (Wildman–Crippen MR) is 92.3 cm³/mol. The zero-order chi connectivity index (χ0) is 17.1. The fourth-order valence-electron chi connectivity index (χ4n) is 2.25. The maximum Gasteiger partial charge on any atom is 0.340 e. The van der Waals surface area contributed by atoms with Gasteiger partial charge in [-0.3, -0.25) is 9.48 Å². The van der Waals surface area contributed by atoms with Crippen LogP contribution in [0.4, 0.5) is 5.00 Å². The van der Waals surface area contributed by atoms with Crippen LogP contribution in [0, 0.1) is 0 Å². The number of carbonyl (C=O) groups is 2. The molecule has 2 aromatic heterocycles. The first-order valence-electron chi connectivity index (χ1n) is 7.17. The third-order valence-electron chi connectivity index (χ3n) is 3.48. The van der Waals surface area contributed by atoms with Crippen LogP contribution in [0.5, 0.6) is 0 Å². The van der Waals surface area contributed by atoms with Gasteiger partial charge >= 0.3 is 5.97 Å². The monoisotopic (exact) mass is 341 g/mol. The Morgan fingerprint density at radius 2 is 1.96 bits per heavy atom. The molecule has 0 saturated carbocycles. The average molecular weight is 341 g/mol. The quantitative estimate of drug-likeness (QED) is 0.740. The van der Waals surface area contributed by atoms with Gasteiger partial charge in [-0.05, 0) is 17.7 Å². The summed E-state index contributed by atoms with van der Waals surface area (Å²) in [5, 5.41) is 7.20. The molecule has 122 valence electrons. The number of nitrogens with one attached hydrogen (secondary N) is 1. The van der Waals surface area contributed by atoms with Crippen LogP contribution in [-0.2, 0) is 11.8 Å². The number of esters is 1. The zero-order valence-corrected chi connectivity index (χ0v) is 14.0.